The Morgan fingerprint density at radius 1 is 1.09 bits per heavy atom. The van der Waals surface area contributed by atoms with Crippen molar-refractivity contribution in [1.82, 2.24) is 10.6 Å². The zero-order valence-electron chi connectivity index (χ0n) is 18.6. The van der Waals surface area contributed by atoms with E-state index in [0.29, 0.717) is 29.2 Å². The van der Waals surface area contributed by atoms with E-state index in [4.69, 9.17) is 23.2 Å². The van der Waals surface area contributed by atoms with Gasteiger partial charge in [-0.2, -0.15) is 0 Å². The fraction of sp³-hybridized carbons (Fsp3) is 0.231. The molecular weight excluding hydrogens is 476 g/mol. The van der Waals surface area contributed by atoms with Gasteiger partial charge in [-0.25, -0.2) is 4.39 Å². The van der Waals surface area contributed by atoms with Crippen LogP contribution in [0.3, 0.4) is 0 Å². The number of aryl methyl sites for hydroxylation is 1. The molecule has 0 saturated carbocycles. The lowest BCUT2D eigenvalue weighted by Crippen LogP contribution is -2.43. The second-order valence-corrected chi connectivity index (χ2v) is 9.09. The molecule has 34 heavy (non-hydrogen) atoms. The maximum atomic E-state index is 13.5. The lowest BCUT2D eigenvalue weighted by molar-refractivity contribution is -0.123. The van der Waals surface area contributed by atoms with Gasteiger partial charge in [0.25, 0.3) is 5.91 Å². The van der Waals surface area contributed by atoms with Crippen LogP contribution in [0.1, 0.15) is 33.1 Å². The van der Waals surface area contributed by atoms with Crippen LogP contribution in [0.25, 0.3) is 0 Å². The van der Waals surface area contributed by atoms with Crippen molar-refractivity contribution in [1.29, 1.82) is 0 Å². The number of nitrogens with one attached hydrogen (secondary N) is 2. The lowest BCUT2D eigenvalue weighted by Gasteiger charge is -2.23. The first-order valence-electron chi connectivity index (χ1n) is 11.0. The number of rotatable bonds is 7. The highest BCUT2D eigenvalue weighted by Gasteiger charge is 2.26. The van der Waals surface area contributed by atoms with Crippen molar-refractivity contribution < 1.29 is 14.0 Å². The molecule has 0 radical (unpaired) electrons. The molecule has 2 N–H and O–H groups in total. The summed E-state index contributed by atoms with van der Waals surface area (Å²) in [4.78, 5) is 28.2. The third kappa shape index (κ3) is 5.51. The maximum absolute atomic E-state index is 13.5. The summed E-state index contributed by atoms with van der Waals surface area (Å²) in [5, 5.41) is 6.42. The fourth-order valence-corrected chi connectivity index (χ4v) is 4.63. The summed E-state index contributed by atoms with van der Waals surface area (Å²) < 4.78 is 13.5. The van der Waals surface area contributed by atoms with E-state index in [2.05, 4.69) is 15.5 Å². The van der Waals surface area contributed by atoms with Crippen LogP contribution < -0.4 is 15.5 Å². The Hall–Kier alpha value is -3.09. The Morgan fingerprint density at radius 3 is 2.68 bits per heavy atom. The molecule has 8 heteroatoms. The van der Waals surface area contributed by atoms with Crippen molar-refractivity contribution in [3.05, 3.63) is 98.8 Å². The van der Waals surface area contributed by atoms with Crippen LogP contribution in [0.5, 0.6) is 0 Å². The van der Waals surface area contributed by atoms with Crippen LogP contribution in [-0.2, 0) is 11.2 Å². The second-order valence-electron chi connectivity index (χ2n) is 8.24. The van der Waals surface area contributed by atoms with Gasteiger partial charge in [0.2, 0.25) is 5.91 Å². The summed E-state index contributed by atoms with van der Waals surface area (Å²) in [5.41, 5.74) is 3.77. The summed E-state index contributed by atoms with van der Waals surface area (Å²) in [6.45, 7) is 3.54. The number of hydrogen-bond donors (Lipinski definition) is 2. The van der Waals surface area contributed by atoms with E-state index >= 15 is 0 Å². The molecule has 4 rings (SSSR count). The number of nitrogens with zero attached hydrogens (tertiary/aromatic N) is 1. The summed E-state index contributed by atoms with van der Waals surface area (Å²) in [7, 11) is 0. The van der Waals surface area contributed by atoms with E-state index in [9.17, 15) is 14.0 Å². The highest BCUT2D eigenvalue weighted by Crippen LogP contribution is 2.29. The van der Waals surface area contributed by atoms with Gasteiger partial charge >= 0.3 is 0 Å². The summed E-state index contributed by atoms with van der Waals surface area (Å²) in [6.07, 6.45) is 0.761. The molecule has 0 bridgehead atoms. The van der Waals surface area contributed by atoms with Crippen LogP contribution in [-0.4, -0.2) is 31.4 Å². The number of amides is 2. The number of fused-ring (bicyclic) bond motifs is 1. The number of benzene rings is 3. The molecule has 0 saturated heterocycles. The van der Waals surface area contributed by atoms with Crippen LogP contribution >= 0.6 is 23.2 Å². The molecule has 1 heterocycles. The Kier molecular flexibility index (Phi) is 7.39. The van der Waals surface area contributed by atoms with Gasteiger partial charge in [-0.1, -0.05) is 47.0 Å². The SMILES string of the molecule is Cc1cccc(C(=O)NC(C(=O)NCCN2CCc3cc(F)ccc32)c2ccc(Cl)cc2Cl)c1. The Balaban J connectivity index is 1.47. The minimum atomic E-state index is -1.00. The van der Waals surface area contributed by atoms with E-state index in [1.807, 2.05) is 13.0 Å². The van der Waals surface area contributed by atoms with E-state index in [-0.39, 0.29) is 22.7 Å². The lowest BCUT2D eigenvalue weighted by atomic mass is 10.0. The van der Waals surface area contributed by atoms with Crippen molar-refractivity contribution in [3.8, 4) is 0 Å². The van der Waals surface area contributed by atoms with E-state index < -0.39 is 6.04 Å². The second kappa shape index (κ2) is 10.5. The normalized spacial score (nSPS) is 13.4. The van der Waals surface area contributed by atoms with E-state index in [1.54, 1.807) is 42.5 Å². The minimum Gasteiger partial charge on any atom is -0.369 e. The van der Waals surface area contributed by atoms with Gasteiger partial charge in [-0.05, 0) is 61.4 Å². The molecule has 0 aromatic heterocycles. The molecule has 176 valence electrons. The first-order valence-corrected chi connectivity index (χ1v) is 11.7. The van der Waals surface area contributed by atoms with Crippen molar-refractivity contribution in [2.45, 2.75) is 19.4 Å². The third-order valence-corrected chi connectivity index (χ3v) is 6.37. The average molecular weight is 500 g/mol. The van der Waals surface area contributed by atoms with Crippen molar-refractivity contribution in [3.63, 3.8) is 0 Å². The van der Waals surface area contributed by atoms with Gasteiger partial charge in [0.1, 0.15) is 11.9 Å². The smallest absolute Gasteiger partial charge is 0.252 e. The molecule has 0 fully saturated rings. The van der Waals surface area contributed by atoms with E-state index in [1.165, 1.54) is 12.1 Å². The first-order chi connectivity index (χ1) is 16.3. The maximum Gasteiger partial charge on any atom is 0.252 e. The molecule has 5 nitrogen and oxygen atoms in total. The predicted octanol–water partition coefficient (Wildman–Crippen LogP) is 5.09. The zero-order valence-corrected chi connectivity index (χ0v) is 20.1. The largest absolute Gasteiger partial charge is 0.369 e. The van der Waals surface area contributed by atoms with Crippen molar-refractivity contribution in [2.75, 3.05) is 24.5 Å². The predicted molar refractivity (Wildman–Crippen MR) is 133 cm³/mol. The third-order valence-electron chi connectivity index (χ3n) is 5.81. The fourth-order valence-electron chi connectivity index (χ4n) is 4.11. The minimum absolute atomic E-state index is 0.249. The highest BCUT2D eigenvalue weighted by atomic mass is 35.5. The Morgan fingerprint density at radius 2 is 1.91 bits per heavy atom. The highest BCUT2D eigenvalue weighted by molar-refractivity contribution is 6.35. The van der Waals surface area contributed by atoms with Crippen LogP contribution in [0.15, 0.2) is 60.7 Å². The average Bonchev–Trinajstić information content (AvgIpc) is 3.19. The molecule has 0 aliphatic carbocycles. The van der Waals surface area contributed by atoms with Gasteiger partial charge in [0, 0.05) is 46.5 Å². The molecule has 1 aliphatic heterocycles. The number of anilines is 1. The summed E-state index contributed by atoms with van der Waals surface area (Å²) in [6, 6.07) is 15.7. The molecule has 3 aromatic carbocycles. The number of carbonyl (C=O) groups excluding carboxylic acids is 2. The number of hydrogen-bond acceptors (Lipinski definition) is 3. The monoisotopic (exact) mass is 499 g/mol. The first kappa shape index (κ1) is 24.0. The molecule has 1 aliphatic rings. The Labute approximate surface area is 207 Å². The number of halogens is 3. The van der Waals surface area contributed by atoms with E-state index in [0.717, 1.165) is 29.8 Å². The summed E-state index contributed by atoms with van der Waals surface area (Å²) in [5.74, 6) is -1.02. The topological polar surface area (TPSA) is 61.4 Å². The molecule has 1 unspecified atom stereocenters. The zero-order chi connectivity index (χ0) is 24.2. The van der Waals surface area contributed by atoms with Gasteiger partial charge in [0.05, 0.1) is 0 Å². The molecule has 3 aromatic rings. The standard InChI is InChI=1S/C26H24Cl2FN3O2/c1-16-3-2-4-18(13-16)25(33)31-24(21-7-5-19(27)15-22(21)28)26(34)30-10-12-32-11-9-17-14-20(29)6-8-23(17)32/h2-8,13-15,24H,9-12H2,1H3,(H,30,34)(H,31,33). The summed E-state index contributed by atoms with van der Waals surface area (Å²) >= 11 is 12.4. The van der Waals surface area contributed by atoms with Gasteiger partial charge < -0.3 is 15.5 Å². The van der Waals surface area contributed by atoms with Gasteiger partial charge in [0.15, 0.2) is 0 Å². The molecule has 1 atom stereocenters. The Bertz CT molecular complexity index is 1230. The van der Waals surface area contributed by atoms with Crippen LogP contribution in [0.2, 0.25) is 10.0 Å². The van der Waals surface area contributed by atoms with Gasteiger partial charge in [-0.15, -0.1) is 0 Å². The van der Waals surface area contributed by atoms with Gasteiger partial charge in [-0.3, -0.25) is 9.59 Å². The van der Waals surface area contributed by atoms with Crippen LogP contribution in [0, 0.1) is 12.7 Å². The number of carbonyl (C=O) groups is 2. The van der Waals surface area contributed by atoms with Crippen molar-refractivity contribution >= 4 is 40.7 Å². The molecule has 2 amide bonds. The van der Waals surface area contributed by atoms with Crippen LogP contribution in [0.4, 0.5) is 10.1 Å². The quantitative estimate of drug-likeness (QED) is 0.475. The molecule has 0 spiro atoms. The van der Waals surface area contributed by atoms with Crippen molar-refractivity contribution in [2.24, 2.45) is 0 Å². The molecular formula is C26H24Cl2FN3O2.